The molecule has 3 aromatic carbocycles. The summed E-state index contributed by atoms with van der Waals surface area (Å²) in [6.07, 6.45) is 0.267. The minimum atomic E-state index is -0.670. The summed E-state index contributed by atoms with van der Waals surface area (Å²) in [7, 11) is 0. The molecule has 0 aromatic heterocycles. The molecule has 0 amide bonds. The van der Waals surface area contributed by atoms with E-state index in [-0.39, 0.29) is 35.8 Å². The number of hydrogen-bond donors (Lipinski definition) is 3. The van der Waals surface area contributed by atoms with Crippen LogP contribution in [0.25, 0.3) is 11.1 Å². The van der Waals surface area contributed by atoms with Crippen molar-refractivity contribution in [3.63, 3.8) is 0 Å². The molecule has 0 aliphatic carbocycles. The Hall–Kier alpha value is -3.54. The van der Waals surface area contributed by atoms with Crippen molar-refractivity contribution in [1.82, 2.24) is 0 Å². The van der Waals surface area contributed by atoms with E-state index < -0.39 is 11.8 Å². The van der Waals surface area contributed by atoms with Crippen molar-refractivity contribution in [2.75, 3.05) is 0 Å². The lowest BCUT2D eigenvalue weighted by Crippen LogP contribution is -2.10. The first-order valence-corrected chi connectivity index (χ1v) is 8.23. The van der Waals surface area contributed by atoms with E-state index in [4.69, 9.17) is 4.74 Å². The average Bonchev–Trinajstić information content (AvgIpc) is 2.65. The van der Waals surface area contributed by atoms with Gasteiger partial charge in [0.25, 0.3) is 0 Å². The van der Waals surface area contributed by atoms with Crippen LogP contribution in [-0.4, -0.2) is 21.3 Å². The molecule has 27 heavy (non-hydrogen) atoms. The van der Waals surface area contributed by atoms with Crippen LogP contribution in [-0.2, 0) is 11.2 Å². The molecule has 0 aliphatic heterocycles. The molecule has 0 saturated heterocycles. The molecule has 5 nitrogen and oxygen atoms in total. The number of phenolic OH excluding ortho intramolecular Hbond substituents is 3. The Balaban J connectivity index is 1.63. The first-order valence-electron chi connectivity index (χ1n) is 8.23. The van der Waals surface area contributed by atoms with E-state index in [0.717, 1.165) is 5.56 Å². The normalized spacial score (nSPS) is 10.6. The van der Waals surface area contributed by atoms with Crippen LogP contribution in [0.5, 0.6) is 23.0 Å². The average molecular weight is 368 g/mol. The number of carbonyl (C=O) groups excluding carboxylic acids is 1. The highest BCUT2D eigenvalue weighted by molar-refractivity contribution is 5.73. The maximum atomic E-state index is 14.2. The standard InChI is InChI=1S/C21H17FO5/c22-17-12-15(14-3-6-16(23)7-4-14)5-9-20(17)27-21(26)10-2-13-1-8-18(24)19(25)11-13/h1,3-9,11-12,23-25H,2,10H2. The van der Waals surface area contributed by atoms with E-state index >= 15 is 0 Å². The van der Waals surface area contributed by atoms with Gasteiger partial charge in [-0.2, -0.15) is 0 Å². The van der Waals surface area contributed by atoms with Crippen LogP contribution in [0.4, 0.5) is 4.39 Å². The van der Waals surface area contributed by atoms with Gasteiger partial charge in [-0.05, 0) is 59.5 Å². The topological polar surface area (TPSA) is 87.0 Å². The molecule has 0 spiro atoms. The lowest BCUT2D eigenvalue weighted by molar-refractivity contribution is -0.134. The van der Waals surface area contributed by atoms with Gasteiger partial charge in [0.05, 0.1) is 0 Å². The molecule has 0 unspecified atom stereocenters. The largest absolute Gasteiger partial charge is 0.508 e. The fourth-order valence-corrected chi connectivity index (χ4v) is 2.56. The SMILES string of the molecule is O=C(CCc1ccc(O)c(O)c1)Oc1ccc(-c2ccc(O)cc2)cc1F. The summed E-state index contributed by atoms with van der Waals surface area (Å²) in [6, 6.07) is 14.8. The summed E-state index contributed by atoms with van der Waals surface area (Å²) in [5, 5.41) is 28.0. The van der Waals surface area contributed by atoms with Gasteiger partial charge >= 0.3 is 5.97 Å². The Kier molecular flexibility index (Phi) is 5.26. The van der Waals surface area contributed by atoms with Crippen molar-refractivity contribution < 1.29 is 29.2 Å². The number of ether oxygens (including phenoxy) is 1. The monoisotopic (exact) mass is 368 g/mol. The van der Waals surface area contributed by atoms with Crippen molar-refractivity contribution >= 4 is 5.97 Å². The predicted octanol–water partition coefficient (Wildman–Crippen LogP) is 4.15. The third kappa shape index (κ3) is 4.55. The first kappa shape index (κ1) is 18.3. The van der Waals surface area contributed by atoms with E-state index in [9.17, 15) is 24.5 Å². The molecule has 0 heterocycles. The summed E-state index contributed by atoms with van der Waals surface area (Å²) in [6.45, 7) is 0. The van der Waals surface area contributed by atoms with Crippen LogP contribution in [0.3, 0.4) is 0 Å². The van der Waals surface area contributed by atoms with Crippen LogP contribution < -0.4 is 4.74 Å². The van der Waals surface area contributed by atoms with E-state index in [1.165, 1.54) is 36.4 Å². The lowest BCUT2D eigenvalue weighted by Gasteiger charge is -2.08. The molecular weight excluding hydrogens is 351 g/mol. The second-order valence-corrected chi connectivity index (χ2v) is 5.99. The number of hydrogen-bond acceptors (Lipinski definition) is 5. The van der Waals surface area contributed by atoms with E-state index in [1.807, 2.05) is 0 Å². The molecule has 0 radical (unpaired) electrons. The van der Waals surface area contributed by atoms with Crippen LogP contribution in [0.1, 0.15) is 12.0 Å². The van der Waals surface area contributed by atoms with Gasteiger partial charge in [0.1, 0.15) is 5.75 Å². The predicted molar refractivity (Wildman–Crippen MR) is 97.2 cm³/mol. The zero-order valence-corrected chi connectivity index (χ0v) is 14.2. The minimum Gasteiger partial charge on any atom is -0.508 e. The Labute approximate surface area is 154 Å². The molecule has 138 valence electrons. The highest BCUT2D eigenvalue weighted by Gasteiger charge is 2.12. The zero-order valence-electron chi connectivity index (χ0n) is 14.2. The third-order valence-electron chi connectivity index (χ3n) is 4.01. The van der Waals surface area contributed by atoms with E-state index in [0.29, 0.717) is 11.1 Å². The number of esters is 1. The summed E-state index contributed by atoms with van der Waals surface area (Å²) in [5.41, 5.74) is 1.95. The Morgan fingerprint density at radius 3 is 2.22 bits per heavy atom. The second kappa shape index (κ2) is 7.78. The summed E-state index contributed by atoms with van der Waals surface area (Å²) in [5.74, 6) is -1.84. The minimum absolute atomic E-state index is 0.0105. The van der Waals surface area contributed by atoms with E-state index in [1.54, 1.807) is 24.3 Å². The summed E-state index contributed by atoms with van der Waals surface area (Å²) < 4.78 is 19.3. The van der Waals surface area contributed by atoms with Crippen molar-refractivity contribution in [1.29, 1.82) is 0 Å². The highest BCUT2D eigenvalue weighted by Crippen LogP contribution is 2.28. The maximum Gasteiger partial charge on any atom is 0.311 e. The molecule has 0 saturated carbocycles. The molecule has 0 bridgehead atoms. The number of rotatable bonds is 5. The third-order valence-corrected chi connectivity index (χ3v) is 4.01. The van der Waals surface area contributed by atoms with Crippen LogP contribution in [0.2, 0.25) is 0 Å². The highest BCUT2D eigenvalue weighted by atomic mass is 19.1. The zero-order chi connectivity index (χ0) is 19.4. The number of carbonyl (C=O) groups is 1. The van der Waals surface area contributed by atoms with Gasteiger partial charge in [-0.25, -0.2) is 4.39 Å². The molecular formula is C21H17FO5. The second-order valence-electron chi connectivity index (χ2n) is 5.99. The van der Waals surface area contributed by atoms with Gasteiger partial charge in [-0.15, -0.1) is 0 Å². The molecule has 3 aromatic rings. The van der Waals surface area contributed by atoms with Gasteiger partial charge in [0, 0.05) is 6.42 Å². The van der Waals surface area contributed by atoms with Crippen molar-refractivity contribution in [2.24, 2.45) is 0 Å². The fourth-order valence-electron chi connectivity index (χ4n) is 2.56. The van der Waals surface area contributed by atoms with Crippen molar-refractivity contribution in [2.45, 2.75) is 12.8 Å². The smallest absolute Gasteiger partial charge is 0.311 e. The molecule has 3 N–H and O–H groups in total. The number of benzene rings is 3. The van der Waals surface area contributed by atoms with E-state index in [2.05, 4.69) is 0 Å². The van der Waals surface area contributed by atoms with Gasteiger partial charge in [0.2, 0.25) is 0 Å². The lowest BCUT2D eigenvalue weighted by atomic mass is 10.1. The molecule has 0 fully saturated rings. The molecule has 0 aliphatic rings. The number of aryl methyl sites for hydroxylation is 1. The Bertz CT molecular complexity index is 967. The van der Waals surface area contributed by atoms with Crippen molar-refractivity contribution in [3.05, 3.63) is 72.0 Å². The summed E-state index contributed by atoms with van der Waals surface area (Å²) >= 11 is 0. The van der Waals surface area contributed by atoms with Crippen molar-refractivity contribution in [3.8, 4) is 34.1 Å². The summed E-state index contributed by atoms with van der Waals surface area (Å²) in [4.78, 5) is 12.0. The Morgan fingerprint density at radius 1 is 0.852 bits per heavy atom. The number of phenols is 3. The van der Waals surface area contributed by atoms with Gasteiger partial charge in [-0.1, -0.05) is 24.3 Å². The van der Waals surface area contributed by atoms with Gasteiger partial charge in [0.15, 0.2) is 23.1 Å². The van der Waals surface area contributed by atoms with Gasteiger partial charge in [-0.3, -0.25) is 4.79 Å². The maximum absolute atomic E-state index is 14.2. The van der Waals surface area contributed by atoms with Crippen LogP contribution >= 0.6 is 0 Å². The molecule has 6 heteroatoms. The van der Waals surface area contributed by atoms with Gasteiger partial charge < -0.3 is 20.1 Å². The van der Waals surface area contributed by atoms with Crippen LogP contribution in [0.15, 0.2) is 60.7 Å². The fraction of sp³-hybridized carbons (Fsp3) is 0.0952. The van der Waals surface area contributed by atoms with Crippen LogP contribution in [0, 0.1) is 5.82 Å². The molecule has 3 rings (SSSR count). The first-order chi connectivity index (χ1) is 12.9. The number of halogens is 1. The quantitative estimate of drug-likeness (QED) is 0.358. The number of aromatic hydroxyl groups is 3. The Morgan fingerprint density at radius 2 is 1.56 bits per heavy atom. The molecule has 0 atom stereocenters.